The number of furan rings is 2. The van der Waals surface area contributed by atoms with Gasteiger partial charge in [-0.1, -0.05) is 309 Å². The van der Waals surface area contributed by atoms with Crippen molar-refractivity contribution in [2.24, 2.45) is 0 Å². The van der Waals surface area contributed by atoms with Crippen molar-refractivity contribution < 1.29 is 8.83 Å². The molecule has 0 amide bonds. The molecule has 24 aromatic rings. The summed E-state index contributed by atoms with van der Waals surface area (Å²) in [5.74, 6) is 0. The van der Waals surface area contributed by atoms with E-state index in [2.05, 4.69) is 398 Å². The number of fused-ring (bicyclic) bond motifs is 20. The van der Waals surface area contributed by atoms with Gasteiger partial charge in [0, 0.05) is 95.2 Å². The first kappa shape index (κ1) is 64.4. The monoisotopic (exact) mass is 1480 g/mol. The van der Waals surface area contributed by atoms with Gasteiger partial charge < -0.3 is 18.6 Å². The smallest absolute Gasteiger partial charge is 0.159 e. The van der Waals surface area contributed by atoms with Gasteiger partial charge in [0.1, 0.15) is 11.2 Å². The van der Waals surface area contributed by atoms with Crippen LogP contribution >= 0.6 is 22.7 Å². The number of para-hydroxylation sites is 3. The summed E-state index contributed by atoms with van der Waals surface area (Å²) in [6.45, 7) is 0. The zero-order valence-corrected chi connectivity index (χ0v) is 63.1. The maximum Gasteiger partial charge on any atom is 0.159 e. The fourth-order valence-corrected chi connectivity index (χ4v) is 21.2. The molecular formula is C108H64N2O2S2. The Labute approximate surface area is 663 Å². The van der Waals surface area contributed by atoms with Crippen LogP contribution in [-0.4, -0.2) is 0 Å². The topological polar surface area (TPSA) is 32.8 Å². The average molecular weight is 1490 g/mol. The van der Waals surface area contributed by atoms with Crippen molar-refractivity contribution in [2.75, 3.05) is 9.80 Å². The van der Waals surface area contributed by atoms with Crippen LogP contribution in [-0.2, 0) is 0 Å². The lowest BCUT2D eigenvalue weighted by Gasteiger charge is -2.31. The lowest BCUT2D eigenvalue weighted by Crippen LogP contribution is -2.13. The fraction of sp³-hybridized carbons (Fsp3) is 0. The van der Waals surface area contributed by atoms with E-state index in [1.807, 2.05) is 22.7 Å². The van der Waals surface area contributed by atoms with Crippen LogP contribution < -0.4 is 9.80 Å². The summed E-state index contributed by atoms with van der Waals surface area (Å²) in [6, 6.07) is 143. The van der Waals surface area contributed by atoms with Crippen LogP contribution in [0.2, 0.25) is 0 Å². The Hall–Kier alpha value is -14.4. The van der Waals surface area contributed by atoms with E-state index in [1.54, 1.807) is 0 Å². The molecule has 0 unspecified atom stereocenters. The van der Waals surface area contributed by atoms with E-state index in [0.29, 0.717) is 0 Å². The SMILES string of the molecule is c1cc(-c2cccc3c2sc2ccccc23)cc(N(c2c(-c3ccc4cc(-c5cccc6oc7c(N(c8ccc(-c9cccc%10sc%11ccccc%11c9%10)cc8)c8c(-c9cccc%10ccccc9%10)c9ccccc9c9ccccc89)cccc7c56)ccc4c3)c3ccccc3c3ccccc23)c2cccc3c2oc2ccccc23)c1. The van der Waals surface area contributed by atoms with Crippen molar-refractivity contribution in [1.82, 2.24) is 0 Å². The maximum atomic E-state index is 7.52. The summed E-state index contributed by atoms with van der Waals surface area (Å²) in [7, 11) is 0. The van der Waals surface area contributed by atoms with Crippen LogP contribution in [0.15, 0.2) is 397 Å². The quantitative estimate of drug-likeness (QED) is 0.121. The van der Waals surface area contributed by atoms with Gasteiger partial charge in [-0.25, -0.2) is 0 Å². The van der Waals surface area contributed by atoms with Crippen molar-refractivity contribution in [1.29, 1.82) is 0 Å². The molecule has 4 heterocycles. The summed E-state index contributed by atoms with van der Waals surface area (Å²) in [4.78, 5) is 5.00. The first-order valence-corrected chi connectivity index (χ1v) is 40.6. The van der Waals surface area contributed by atoms with Gasteiger partial charge in [-0.15, -0.1) is 22.7 Å². The molecule has 24 rings (SSSR count). The van der Waals surface area contributed by atoms with Gasteiger partial charge in [0.2, 0.25) is 0 Å². The molecule has 20 aromatic carbocycles. The minimum atomic E-state index is 0.800. The van der Waals surface area contributed by atoms with Crippen LogP contribution in [0.5, 0.6) is 0 Å². The minimum absolute atomic E-state index is 0.800. The van der Waals surface area contributed by atoms with E-state index in [-0.39, 0.29) is 0 Å². The summed E-state index contributed by atoms with van der Waals surface area (Å²) in [5, 5.41) is 23.3. The molecule has 0 bridgehead atoms. The Morgan fingerprint density at radius 1 is 0.211 bits per heavy atom. The number of nitrogens with zero attached hydrogens (tertiary/aromatic N) is 2. The molecule has 0 saturated carbocycles. The van der Waals surface area contributed by atoms with Crippen LogP contribution in [0.3, 0.4) is 0 Å². The molecule has 0 radical (unpaired) electrons. The first-order valence-electron chi connectivity index (χ1n) is 38.9. The molecule has 4 aromatic heterocycles. The molecule has 0 atom stereocenters. The maximum absolute atomic E-state index is 7.52. The van der Waals surface area contributed by atoms with Crippen molar-refractivity contribution in [3.05, 3.63) is 388 Å². The second-order valence-electron chi connectivity index (χ2n) is 29.9. The third-order valence-electron chi connectivity index (χ3n) is 23.8. The van der Waals surface area contributed by atoms with Crippen LogP contribution in [0.1, 0.15) is 0 Å². The third-order valence-corrected chi connectivity index (χ3v) is 26.1. The summed E-state index contributed by atoms with van der Waals surface area (Å²) in [6.07, 6.45) is 0. The highest BCUT2D eigenvalue weighted by Gasteiger charge is 2.31. The number of benzene rings is 20. The average Bonchev–Trinajstić information content (AvgIpc) is 1.64. The second kappa shape index (κ2) is 25.6. The normalized spacial score (nSPS) is 12.0. The van der Waals surface area contributed by atoms with Crippen LogP contribution in [0.25, 0.3) is 204 Å². The van der Waals surface area contributed by atoms with Crippen molar-refractivity contribution in [3.63, 3.8) is 0 Å². The third kappa shape index (κ3) is 9.88. The van der Waals surface area contributed by atoms with Crippen LogP contribution in [0.4, 0.5) is 34.1 Å². The summed E-state index contributed by atoms with van der Waals surface area (Å²) >= 11 is 3.72. The minimum Gasteiger partial charge on any atom is -0.454 e. The Kier molecular flexibility index (Phi) is 14.5. The predicted molar refractivity (Wildman–Crippen MR) is 488 cm³/mol. The Morgan fingerprint density at radius 3 is 1.40 bits per heavy atom. The van der Waals surface area contributed by atoms with Gasteiger partial charge in [-0.3, -0.25) is 0 Å². The largest absolute Gasteiger partial charge is 0.454 e. The second-order valence-corrected chi connectivity index (χ2v) is 32.1. The zero-order valence-electron chi connectivity index (χ0n) is 61.5. The Morgan fingerprint density at radius 2 is 0.658 bits per heavy atom. The van der Waals surface area contributed by atoms with Gasteiger partial charge in [0.05, 0.1) is 22.7 Å². The van der Waals surface area contributed by atoms with Crippen molar-refractivity contribution >= 4 is 206 Å². The molecule has 6 heteroatoms. The van der Waals surface area contributed by atoms with Gasteiger partial charge in [0.25, 0.3) is 0 Å². The van der Waals surface area contributed by atoms with E-state index in [9.17, 15) is 0 Å². The highest BCUT2D eigenvalue weighted by atomic mass is 32.1. The fourth-order valence-electron chi connectivity index (χ4n) is 18.8. The van der Waals surface area contributed by atoms with E-state index in [4.69, 9.17) is 8.83 Å². The van der Waals surface area contributed by atoms with E-state index in [1.165, 1.54) is 89.2 Å². The molecule has 4 nitrogen and oxygen atoms in total. The number of hydrogen-bond acceptors (Lipinski definition) is 6. The molecule has 0 aliphatic heterocycles. The lowest BCUT2D eigenvalue weighted by molar-refractivity contribution is 0.669. The Balaban J connectivity index is 0.693. The highest BCUT2D eigenvalue weighted by molar-refractivity contribution is 7.26. The number of anilines is 6. The molecule has 0 aliphatic rings. The standard InChI is InChI=1S/C108H64N2O2S2/c1-2-28-74-65(24-1)25-18-43-84(74)103-86-36-8-4-30-79(86)81-32-6-10-38-88(81)105(103)109(72-60-58-66(59-61-72)75-41-23-53-99-102(75)91-39-13-16-52-98(91)113-99)94-48-21-46-92-101-76(40-22-50-96(101)112-107(92)94)70-56-54-68-63-71(57-55-67(68)62-70)100-85-35-7-3-29-78(85)80-31-5-9-37-87(80)104(100)110(93-47-20-44-89-82-33-11-14-49-95(82)111-106(89)93)73-27-17-26-69(64-73)77-42-19-45-90-83-34-12-15-51-97(83)114-108(77)90/h1-64H. The Bertz CT molecular complexity index is 8150. The molecule has 0 fully saturated rings. The zero-order chi connectivity index (χ0) is 74.6. The first-order chi connectivity index (χ1) is 56.6. The summed E-state index contributed by atoms with van der Waals surface area (Å²) < 4.78 is 19.8. The highest BCUT2D eigenvalue weighted by Crippen LogP contribution is 2.57. The van der Waals surface area contributed by atoms with E-state index in [0.717, 1.165) is 149 Å². The van der Waals surface area contributed by atoms with Gasteiger partial charge in [-0.05, 0) is 177 Å². The number of thiophene rings is 2. The molecule has 114 heavy (non-hydrogen) atoms. The van der Waals surface area contributed by atoms with E-state index < -0.39 is 0 Å². The lowest BCUT2D eigenvalue weighted by atomic mass is 9.88. The van der Waals surface area contributed by atoms with Crippen molar-refractivity contribution in [3.8, 4) is 55.6 Å². The molecule has 0 N–H and O–H groups in total. The molecular weight excluding hydrogens is 1420 g/mol. The van der Waals surface area contributed by atoms with Gasteiger partial charge in [0.15, 0.2) is 11.2 Å². The number of hydrogen-bond donors (Lipinski definition) is 0. The number of rotatable bonds is 11. The van der Waals surface area contributed by atoms with Crippen LogP contribution in [0, 0.1) is 0 Å². The van der Waals surface area contributed by atoms with Gasteiger partial charge >= 0.3 is 0 Å². The predicted octanol–water partition coefficient (Wildman–Crippen LogP) is 32.4. The van der Waals surface area contributed by atoms with E-state index >= 15 is 0 Å². The molecule has 0 spiro atoms. The molecule has 530 valence electrons. The molecule has 0 aliphatic carbocycles. The van der Waals surface area contributed by atoms with Gasteiger partial charge in [-0.2, -0.15) is 0 Å². The summed E-state index contributed by atoms with van der Waals surface area (Å²) in [5.41, 5.74) is 20.8. The molecule has 0 saturated heterocycles. The van der Waals surface area contributed by atoms with Crippen molar-refractivity contribution in [2.45, 2.75) is 0 Å².